The lowest BCUT2D eigenvalue weighted by Gasteiger charge is -2.31. The molecule has 0 aromatic heterocycles. The van der Waals surface area contributed by atoms with Crippen LogP contribution in [0.3, 0.4) is 0 Å². The normalized spacial score (nSPS) is 16.3. The fourth-order valence-electron chi connectivity index (χ4n) is 2.42. The van der Waals surface area contributed by atoms with Crippen molar-refractivity contribution < 1.29 is 4.79 Å². The van der Waals surface area contributed by atoms with Crippen LogP contribution in [0.25, 0.3) is 0 Å². The molecule has 0 aromatic carbocycles. The highest BCUT2D eigenvalue weighted by molar-refractivity contribution is 5.79. The van der Waals surface area contributed by atoms with Gasteiger partial charge in [0.25, 0.3) is 0 Å². The number of hydrogen-bond donors (Lipinski definition) is 2. The van der Waals surface area contributed by atoms with Crippen molar-refractivity contribution in [3.63, 3.8) is 0 Å². The van der Waals surface area contributed by atoms with E-state index in [1.165, 1.54) is 12.8 Å². The third-order valence-corrected chi connectivity index (χ3v) is 3.38. The van der Waals surface area contributed by atoms with E-state index < -0.39 is 0 Å². The zero-order valence-electron chi connectivity index (χ0n) is 12.3. The Morgan fingerprint density at radius 2 is 1.84 bits per heavy atom. The van der Waals surface area contributed by atoms with E-state index in [9.17, 15) is 4.79 Å². The van der Waals surface area contributed by atoms with Crippen molar-refractivity contribution in [2.24, 2.45) is 11.7 Å². The zero-order valence-corrected chi connectivity index (χ0v) is 12.3. The predicted octanol–water partition coefficient (Wildman–Crippen LogP) is 2.27. The van der Waals surface area contributed by atoms with Crippen LogP contribution in [0.4, 0.5) is 4.79 Å². The van der Waals surface area contributed by atoms with Gasteiger partial charge in [-0.25, -0.2) is 4.79 Å². The molecule has 19 heavy (non-hydrogen) atoms. The van der Waals surface area contributed by atoms with Crippen molar-refractivity contribution >= 4 is 11.9 Å². The summed E-state index contributed by atoms with van der Waals surface area (Å²) in [5.41, 5.74) is 5.41. The molecule has 0 aliphatic carbocycles. The minimum Gasteiger partial charge on any atom is -0.388 e. The van der Waals surface area contributed by atoms with Crippen LogP contribution < -0.4 is 5.73 Å². The van der Waals surface area contributed by atoms with Crippen LogP contribution >= 0.6 is 0 Å². The van der Waals surface area contributed by atoms with E-state index in [1.807, 2.05) is 9.80 Å². The number of carbonyl (C=O) groups excluding carboxylic acids is 1. The molecule has 5 nitrogen and oxygen atoms in total. The SMILES string of the molecule is CC(C)CN(CCC(=N)N)C(=O)N1CCCCCC1. The van der Waals surface area contributed by atoms with Crippen LogP contribution in [-0.4, -0.2) is 47.8 Å². The predicted molar refractivity (Wildman–Crippen MR) is 78.4 cm³/mol. The molecule has 0 bridgehead atoms. The molecule has 1 fully saturated rings. The van der Waals surface area contributed by atoms with Crippen molar-refractivity contribution in [3.8, 4) is 0 Å². The lowest BCUT2D eigenvalue weighted by atomic mass is 10.2. The molecular weight excluding hydrogens is 240 g/mol. The van der Waals surface area contributed by atoms with Gasteiger partial charge in [0.1, 0.15) is 0 Å². The first-order valence-corrected chi connectivity index (χ1v) is 7.37. The number of hydrogen-bond acceptors (Lipinski definition) is 2. The summed E-state index contributed by atoms with van der Waals surface area (Å²) >= 11 is 0. The average Bonchev–Trinajstić information content (AvgIpc) is 2.61. The van der Waals surface area contributed by atoms with Gasteiger partial charge >= 0.3 is 6.03 Å². The maximum Gasteiger partial charge on any atom is 0.320 e. The standard InChI is InChI=1S/C14H28N4O/c1-12(2)11-18(10-7-13(15)16)14(19)17-8-5-3-4-6-9-17/h12H,3-11H2,1-2H3,(H3,15,16). The van der Waals surface area contributed by atoms with E-state index in [0.717, 1.165) is 32.5 Å². The third-order valence-electron chi connectivity index (χ3n) is 3.38. The van der Waals surface area contributed by atoms with E-state index in [-0.39, 0.29) is 11.9 Å². The Morgan fingerprint density at radius 3 is 2.32 bits per heavy atom. The monoisotopic (exact) mass is 268 g/mol. The molecule has 0 unspecified atom stereocenters. The van der Waals surface area contributed by atoms with Crippen molar-refractivity contribution in [2.45, 2.75) is 46.0 Å². The number of amides is 2. The Balaban J connectivity index is 2.59. The van der Waals surface area contributed by atoms with Gasteiger partial charge < -0.3 is 15.5 Å². The summed E-state index contributed by atoms with van der Waals surface area (Å²) in [5.74, 6) is 0.584. The summed E-state index contributed by atoms with van der Waals surface area (Å²) in [6, 6.07) is 0.122. The molecule has 1 saturated heterocycles. The van der Waals surface area contributed by atoms with Crippen LogP contribution in [0.15, 0.2) is 0 Å². The minimum atomic E-state index is 0.122. The molecular formula is C14H28N4O. The van der Waals surface area contributed by atoms with E-state index in [0.29, 0.717) is 18.9 Å². The quantitative estimate of drug-likeness (QED) is 0.593. The summed E-state index contributed by atoms with van der Waals surface area (Å²) in [6.07, 6.45) is 5.12. The van der Waals surface area contributed by atoms with Crippen LogP contribution in [0.5, 0.6) is 0 Å². The highest BCUT2D eigenvalue weighted by Crippen LogP contribution is 2.13. The van der Waals surface area contributed by atoms with Gasteiger partial charge in [0.05, 0.1) is 5.84 Å². The summed E-state index contributed by atoms with van der Waals surface area (Å²) in [6.45, 7) is 7.25. The van der Waals surface area contributed by atoms with Crippen molar-refractivity contribution in [3.05, 3.63) is 0 Å². The Bertz CT molecular complexity index is 296. The number of carbonyl (C=O) groups is 1. The minimum absolute atomic E-state index is 0.122. The van der Waals surface area contributed by atoms with E-state index in [2.05, 4.69) is 13.8 Å². The molecule has 110 valence electrons. The number of rotatable bonds is 5. The van der Waals surface area contributed by atoms with Crippen LogP contribution in [-0.2, 0) is 0 Å². The van der Waals surface area contributed by atoms with Gasteiger partial charge in [0.2, 0.25) is 0 Å². The number of nitrogens with one attached hydrogen (secondary N) is 1. The van der Waals surface area contributed by atoms with Crippen LogP contribution in [0.1, 0.15) is 46.0 Å². The second-order valence-corrected chi connectivity index (χ2v) is 5.80. The van der Waals surface area contributed by atoms with Crippen molar-refractivity contribution in [2.75, 3.05) is 26.2 Å². The summed E-state index contributed by atoms with van der Waals surface area (Å²) < 4.78 is 0. The first-order valence-electron chi connectivity index (χ1n) is 7.37. The maximum absolute atomic E-state index is 12.5. The van der Waals surface area contributed by atoms with Gasteiger partial charge in [-0.2, -0.15) is 0 Å². The van der Waals surface area contributed by atoms with E-state index in [4.69, 9.17) is 11.1 Å². The van der Waals surface area contributed by atoms with Gasteiger partial charge in [-0.05, 0) is 18.8 Å². The molecule has 1 heterocycles. The van der Waals surface area contributed by atoms with Crippen LogP contribution in [0, 0.1) is 11.3 Å². The second kappa shape index (κ2) is 8.02. The Labute approximate surface area is 116 Å². The molecule has 2 amide bonds. The molecule has 1 aliphatic rings. The molecule has 0 radical (unpaired) electrons. The maximum atomic E-state index is 12.5. The van der Waals surface area contributed by atoms with Gasteiger partial charge in [-0.3, -0.25) is 5.41 Å². The molecule has 1 rings (SSSR count). The number of nitrogens with two attached hydrogens (primary N) is 1. The first-order chi connectivity index (χ1) is 9.00. The molecule has 0 atom stereocenters. The summed E-state index contributed by atoms with van der Waals surface area (Å²) in [5, 5.41) is 7.32. The zero-order chi connectivity index (χ0) is 14.3. The Hall–Kier alpha value is -1.26. The lowest BCUT2D eigenvalue weighted by Crippen LogP contribution is -2.46. The topological polar surface area (TPSA) is 73.4 Å². The number of likely N-dealkylation sites (tertiary alicyclic amines) is 1. The smallest absolute Gasteiger partial charge is 0.320 e. The van der Waals surface area contributed by atoms with Gasteiger partial charge in [0.15, 0.2) is 0 Å². The number of amidine groups is 1. The number of urea groups is 1. The molecule has 0 aromatic rings. The molecule has 1 aliphatic heterocycles. The Kier molecular flexibility index (Phi) is 6.67. The largest absolute Gasteiger partial charge is 0.388 e. The van der Waals surface area contributed by atoms with Crippen molar-refractivity contribution in [1.82, 2.24) is 9.80 Å². The highest BCUT2D eigenvalue weighted by Gasteiger charge is 2.22. The molecule has 5 heteroatoms. The van der Waals surface area contributed by atoms with Gasteiger partial charge in [-0.1, -0.05) is 26.7 Å². The van der Waals surface area contributed by atoms with Crippen molar-refractivity contribution in [1.29, 1.82) is 5.41 Å². The lowest BCUT2D eigenvalue weighted by molar-refractivity contribution is 0.150. The van der Waals surface area contributed by atoms with Crippen LogP contribution in [0.2, 0.25) is 0 Å². The third kappa shape index (κ3) is 5.94. The average molecular weight is 268 g/mol. The second-order valence-electron chi connectivity index (χ2n) is 5.80. The highest BCUT2D eigenvalue weighted by atomic mass is 16.2. The fraction of sp³-hybridized carbons (Fsp3) is 0.857. The Morgan fingerprint density at radius 1 is 1.26 bits per heavy atom. The number of nitrogens with zero attached hydrogens (tertiary/aromatic N) is 2. The fourth-order valence-corrected chi connectivity index (χ4v) is 2.42. The van der Waals surface area contributed by atoms with E-state index in [1.54, 1.807) is 0 Å². The summed E-state index contributed by atoms with van der Waals surface area (Å²) in [4.78, 5) is 16.4. The van der Waals surface area contributed by atoms with Gasteiger partial charge in [-0.15, -0.1) is 0 Å². The van der Waals surface area contributed by atoms with E-state index >= 15 is 0 Å². The summed E-state index contributed by atoms with van der Waals surface area (Å²) in [7, 11) is 0. The molecule has 0 saturated carbocycles. The van der Waals surface area contributed by atoms with Gasteiger partial charge in [0, 0.05) is 32.6 Å². The molecule has 3 N–H and O–H groups in total. The molecule has 0 spiro atoms. The first kappa shape index (κ1) is 15.8.